The van der Waals surface area contributed by atoms with Gasteiger partial charge in [-0.2, -0.15) is 0 Å². The first kappa shape index (κ1) is 23.3. The van der Waals surface area contributed by atoms with Crippen LogP contribution in [0.4, 0.5) is 0 Å². The van der Waals surface area contributed by atoms with E-state index in [9.17, 15) is 4.79 Å². The Bertz CT molecular complexity index is 793. The molecule has 2 aromatic rings. The lowest BCUT2D eigenvalue weighted by Gasteiger charge is -2.14. The van der Waals surface area contributed by atoms with Crippen LogP contribution in [-0.2, 0) is 0 Å². The molecule has 0 saturated heterocycles. The highest BCUT2D eigenvalue weighted by atomic mass is 16.5. The molecule has 30 heavy (non-hydrogen) atoms. The zero-order valence-corrected chi connectivity index (χ0v) is 18.1. The van der Waals surface area contributed by atoms with Gasteiger partial charge in [0.2, 0.25) is 0 Å². The Morgan fingerprint density at radius 2 is 1.50 bits per heavy atom. The van der Waals surface area contributed by atoms with Crippen molar-refractivity contribution in [3.05, 3.63) is 72.3 Å². The van der Waals surface area contributed by atoms with Gasteiger partial charge in [-0.15, -0.1) is 0 Å². The van der Waals surface area contributed by atoms with E-state index in [0.29, 0.717) is 31.1 Å². The zero-order chi connectivity index (χ0) is 21.6. The predicted octanol–water partition coefficient (Wildman–Crippen LogP) is 6.51. The molecule has 0 bridgehead atoms. The molecule has 0 radical (unpaired) electrons. The second kappa shape index (κ2) is 13.3. The molecule has 0 heterocycles. The van der Waals surface area contributed by atoms with E-state index in [1.165, 1.54) is 0 Å². The molecule has 0 saturated carbocycles. The maximum absolute atomic E-state index is 12.7. The van der Waals surface area contributed by atoms with Crippen molar-refractivity contribution < 1.29 is 19.0 Å². The van der Waals surface area contributed by atoms with Crippen molar-refractivity contribution in [1.82, 2.24) is 0 Å². The molecule has 0 unspecified atom stereocenters. The van der Waals surface area contributed by atoms with E-state index < -0.39 is 0 Å². The van der Waals surface area contributed by atoms with Crippen LogP contribution in [0.3, 0.4) is 0 Å². The lowest BCUT2D eigenvalue weighted by Crippen LogP contribution is -2.02. The number of hydrogen-bond acceptors (Lipinski definition) is 4. The Morgan fingerprint density at radius 1 is 0.900 bits per heavy atom. The molecule has 160 valence electrons. The van der Waals surface area contributed by atoms with Gasteiger partial charge in [0, 0.05) is 5.56 Å². The van der Waals surface area contributed by atoms with Crippen LogP contribution in [0.5, 0.6) is 17.2 Å². The van der Waals surface area contributed by atoms with Crippen molar-refractivity contribution in [3.8, 4) is 17.2 Å². The molecule has 4 heteroatoms. The molecular formula is C26H32O4. The summed E-state index contributed by atoms with van der Waals surface area (Å²) in [6.45, 7) is 9.58. The van der Waals surface area contributed by atoms with Crippen LogP contribution in [0.1, 0.15) is 55.5 Å². The first-order valence-electron chi connectivity index (χ1n) is 10.6. The summed E-state index contributed by atoms with van der Waals surface area (Å²) in [5.41, 5.74) is 1.39. The fraction of sp³-hybridized carbons (Fsp3) is 0.346. The molecule has 0 fully saturated rings. The molecule has 0 N–H and O–H groups in total. The van der Waals surface area contributed by atoms with Crippen molar-refractivity contribution in [2.45, 2.75) is 39.5 Å². The Kier molecular flexibility index (Phi) is 10.3. The summed E-state index contributed by atoms with van der Waals surface area (Å²) in [5, 5.41) is 0. The van der Waals surface area contributed by atoms with Crippen molar-refractivity contribution in [2.75, 3.05) is 19.8 Å². The van der Waals surface area contributed by atoms with E-state index in [2.05, 4.69) is 20.4 Å². The maximum Gasteiger partial charge on any atom is 0.185 e. The SMILES string of the molecule is C=CCOc1ccc(C(=O)/C=C/c2c(OCCCC)cccc2OCCCC)cc1. The average Bonchev–Trinajstić information content (AvgIpc) is 2.77. The Morgan fingerprint density at radius 3 is 2.03 bits per heavy atom. The van der Waals surface area contributed by atoms with Gasteiger partial charge in [-0.1, -0.05) is 45.4 Å². The standard InChI is InChI=1S/C26H32O4/c1-4-7-19-29-25-10-9-11-26(30-20-8-5-2)23(25)16-17-24(27)21-12-14-22(15-13-21)28-18-6-3/h6,9-17H,3-5,7-8,18-20H2,1-2H3/b17-16+. The van der Waals surface area contributed by atoms with Gasteiger partial charge >= 0.3 is 0 Å². The normalized spacial score (nSPS) is 10.7. The number of carbonyl (C=O) groups is 1. The summed E-state index contributed by atoms with van der Waals surface area (Å²) in [5.74, 6) is 2.08. The molecule has 0 aliphatic heterocycles. The molecular weight excluding hydrogens is 376 g/mol. The lowest BCUT2D eigenvalue weighted by atomic mass is 10.1. The monoisotopic (exact) mass is 408 g/mol. The number of unbranched alkanes of at least 4 members (excludes halogenated alkanes) is 2. The Labute approximate surface area is 180 Å². The number of carbonyl (C=O) groups excluding carboxylic acids is 1. The fourth-order valence-corrected chi connectivity index (χ4v) is 2.72. The number of rotatable bonds is 14. The van der Waals surface area contributed by atoms with Gasteiger partial charge in [-0.25, -0.2) is 0 Å². The Hall–Kier alpha value is -3.01. The van der Waals surface area contributed by atoms with Gasteiger partial charge in [0.25, 0.3) is 0 Å². The second-order valence-corrected chi connectivity index (χ2v) is 6.89. The first-order valence-corrected chi connectivity index (χ1v) is 10.6. The quantitative estimate of drug-likeness (QED) is 0.155. The molecule has 2 aromatic carbocycles. The molecule has 0 aromatic heterocycles. The summed E-state index contributed by atoms with van der Waals surface area (Å²) in [6.07, 6.45) is 9.10. The molecule has 4 nitrogen and oxygen atoms in total. The highest BCUT2D eigenvalue weighted by Gasteiger charge is 2.10. The van der Waals surface area contributed by atoms with E-state index in [0.717, 1.165) is 42.7 Å². The largest absolute Gasteiger partial charge is 0.493 e. The van der Waals surface area contributed by atoms with Crippen LogP contribution < -0.4 is 14.2 Å². The van der Waals surface area contributed by atoms with Crippen molar-refractivity contribution in [3.63, 3.8) is 0 Å². The second-order valence-electron chi connectivity index (χ2n) is 6.89. The van der Waals surface area contributed by atoms with Gasteiger partial charge in [0.15, 0.2) is 5.78 Å². The summed E-state index contributed by atoms with van der Waals surface area (Å²) < 4.78 is 17.4. The van der Waals surface area contributed by atoms with E-state index in [4.69, 9.17) is 14.2 Å². The summed E-state index contributed by atoms with van der Waals surface area (Å²) >= 11 is 0. The van der Waals surface area contributed by atoms with Crippen molar-refractivity contribution >= 4 is 11.9 Å². The first-order chi connectivity index (χ1) is 14.7. The minimum atomic E-state index is -0.0897. The highest BCUT2D eigenvalue weighted by molar-refractivity contribution is 6.07. The molecule has 0 aliphatic rings. The third kappa shape index (κ3) is 7.43. The molecule has 2 rings (SSSR count). The Balaban J connectivity index is 2.18. The number of allylic oxidation sites excluding steroid dienone is 1. The lowest BCUT2D eigenvalue weighted by molar-refractivity contribution is 0.104. The van der Waals surface area contributed by atoms with Crippen LogP contribution in [0, 0.1) is 0 Å². The molecule has 0 spiro atoms. The van der Waals surface area contributed by atoms with Crippen LogP contribution >= 0.6 is 0 Å². The van der Waals surface area contributed by atoms with Gasteiger partial charge in [-0.05, 0) is 61.4 Å². The number of ether oxygens (including phenoxy) is 3. The van der Waals surface area contributed by atoms with E-state index in [-0.39, 0.29) is 5.78 Å². The predicted molar refractivity (Wildman–Crippen MR) is 123 cm³/mol. The van der Waals surface area contributed by atoms with Crippen LogP contribution in [0.2, 0.25) is 0 Å². The summed E-state index contributed by atoms with van der Waals surface area (Å²) in [4.78, 5) is 12.7. The van der Waals surface area contributed by atoms with E-state index in [1.54, 1.807) is 42.5 Å². The van der Waals surface area contributed by atoms with E-state index in [1.807, 2.05) is 18.2 Å². The van der Waals surface area contributed by atoms with Gasteiger partial charge in [0.05, 0.1) is 18.8 Å². The number of hydrogen-bond donors (Lipinski definition) is 0. The minimum absolute atomic E-state index is 0.0897. The topological polar surface area (TPSA) is 44.8 Å². The zero-order valence-electron chi connectivity index (χ0n) is 18.1. The molecule has 0 aliphatic carbocycles. The summed E-state index contributed by atoms with van der Waals surface area (Å²) in [6, 6.07) is 12.8. The minimum Gasteiger partial charge on any atom is -0.493 e. The van der Waals surface area contributed by atoms with Crippen molar-refractivity contribution in [1.29, 1.82) is 0 Å². The third-order valence-electron chi connectivity index (χ3n) is 4.45. The number of ketones is 1. The number of benzene rings is 2. The average molecular weight is 409 g/mol. The van der Waals surface area contributed by atoms with Gasteiger partial charge in [0.1, 0.15) is 23.9 Å². The smallest absolute Gasteiger partial charge is 0.185 e. The van der Waals surface area contributed by atoms with Gasteiger partial charge < -0.3 is 14.2 Å². The highest BCUT2D eigenvalue weighted by Crippen LogP contribution is 2.31. The molecule has 0 amide bonds. The summed E-state index contributed by atoms with van der Waals surface area (Å²) in [7, 11) is 0. The molecule has 0 atom stereocenters. The fourth-order valence-electron chi connectivity index (χ4n) is 2.72. The maximum atomic E-state index is 12.7. The third-order valence-corrected chi connectivity index (χ3v) is 4.45. The van der Waals surface area contributed by atoms with Crippen LogP contribution in [-0.4, -0.2) is 25.6 Å². The van der Waals surface area contributed by atoms with Crippen molar-refractivity contribution in [2.24, 2.45) is 0 Å². The van der Waals surface area contributed by atoms with Gasteiger partial charge in [-0.3, -0.25) is 4.79 Å². The van der Waals surface area contributed by atoms with Crippen LogP contribution in [0.15, 0.2) is 61.2 Å². The van der Waals surface area contributed by atoms with E-state index >= 15 is 0 Å². The van der Waals surface area contributed by atoms with Crippen LogP contribution in [0.25, 0.3) is 6.08 Å².